The molecule has 6 nitrogen and oxygen atoms in total. The summed E-state index contributed by atoms with van der Waals surface area (Å²) in [5, 5.41) is 0. The highest BCUT2D eigenvalue weighted by Gasteiger charge is 2.23. The first-order chi connectivity index (χ1) is 13.4. The van der Waals surface area contributed by atoms with Crippen molar-refractivity contribution in [3.63, 3.8) is 0 Å². The van der Waals surface area contributed by atoms with E-state index in [1.807, 2.05) is 19.9 Å². The molecule has 1 aliphatic rings. The van der Waals surface area contributed by atoms with E-state index in [1.54, 1.807) is 35.2 Å². The number of piperidine rings is 1. The van der Waals surface area contributed by atoms with E-state index in [9.17, 15) is 13.2 Å². The van der Waals surface area contributed by atoms with E-state index in [2.05, 4.69) is 4.72 Å². The van der Waals surface area contributed by atoms with Crippen LogP contribution in [0, 0.1) is 6.92 Å². The summed E-state index contributed by atoms with van der Waals surface area (Å²) in [6.45, 7) is 4.55. The molecule has 28 heavy (non-hydrogen) atoms. The lowest BCUT2D eigenvalue weighted by Crippen LogP contribution is -2.35. The third kappa shape index (κ3) is 4.14. The molecule has 0 aromatic heterocycles. The summed E-state index contributed by atoms with van der Waals surface area (Å²) in [4.78, 5) is 14.1. The molecule has 1 saturated heterocycles. The Bertz CT molecular complexity index is 986. The fourth-order valence-corrected chi connectivity index (χ4v) is 4.71. The lowest BCUT2D eigenvalue weighted by molar-refractivity contribution is -0.119. The summed E-state index contributed by atoms with van der Waals surface area (Å²) in [7, 11) is -2.36. The predicted molar refractivity (Wildman–Crippen MR) is 111 cm³/mol. The second-order valence-corrected chi connectivity index (χ2v) is 8.60. The minimum Gasteiger partial charge on any atom is -0.495 e. The summed E-state index contributed by atoms with van der Waals surface area (Å²) in [5.41, 5.74) is 3.05. The van der Waals surface area contributed by atoms with Gasteiger partial charge in [-0.15, -0.1) is 0 Å². The zero-order valence-corrected chi connectivity index (χ0v) is 17.3. The number of rotatable bonds is 6. The van der Waals surface area contributed by atoms with Crippen molar-refractivity contribution in [3.05, 3.63) is 47.5 Å². The molecule has 2 aromatic rings. The number of amides is 1. The molecule has 2 aromatic carbocycles. The van der Waals surface area contributed by atoms with Gasteiger partial charge in [-0.2, -0.15) is 0 Å². The molecular weight excluding hydrogens is 376 g/mol. The summed E-state index contributed by atoms with van der Waals surface area (Å²) < 4.78 is 33.8. The monoisotopic (exact) mass is 402 g/mol. The lowest BCUT2D eigenvalue weighted by atomic mass is 10.1. The zero-order valence-electron chi connectivity index (χ0n) is 16.5. The summed E-state index contributed by atoms with van der Waals surface area (Å²) >= 11 is 0. The number of hydrogen-bond acceptors (Lipinski definition) is 4. The van der Waals surface area contributed by atoms with Crippen LogP contribution in [0.2, 0.25) is 0 Å². The highest BCUT2D eigenvalue weighted by atomic mass is 32.2. The van der Waals surface area contributed by atoms with Crippen LogP contribution in [0.1, 0.15) is 37.3 Å². The van der Waals surface area contributed by atoms with E-state index in [1.165, 1.54) is 7.11 Å². The molecule has 150 valence electrons. The maximum Gasteiger partial charge on any atom is 0.265 e. The van der Waals surface area contributed by atoms with Crippen LogP contribution in [0.5, 0.6) is 5.75 Å². The van der Waals surface area contributed by atoms with Gasteiger partial charge in [-0.3, -0.25) is 9.52 Å². The van der Waals surface area contributed by atoms with E-state index in [0.717, 1.165) is 36.1 Å². The fraction of sp³-hybridized carbons (Fsp3) is 0.381. The van der Waals surface area contributed by atoms with Crippen LogP contribution in [0.15, 0.2) is 41.3 Å². The maximum atomic E-state index is 12.9. The number of nitrogens with one attached hydrogen (secondary N) is 1. The van der Waals surface area contributed by atoms with Gasteiger partial charge in [-0.25, -0.2) is 8.42 Å². The van der Waals surface area contributed by atoms with Crippen molar-refractivity contribution in [3.8, 4) is 5.75 Å². The predicted octanol–water partition coefficient (Wildman–Crippen LogP) is 3.88. The highest BCUT2D eigenvalue weighted by Crippen LogP contribution is 2.30. The maximum absolute atomic E-state index is 12.9. The summed E-state index contributed by atoms with van der Waals surface area (Å²) in [6.07, 6.45) is 3.18. The van der Waals surface area contributed by atoms with Gasteiger partial charge in [0.15, 0.2) is 0 Å². The van der Waals surface area contributed by atoms with Crippen LogP contribution in [-0.4, -0.2) is 28.0 Å². The SMILES string of the molecule is CCc1ccc(OC)c(S(=O)(=O)Nc2ccc(N3CCCCC3=O)c(C)c2)c1. The van der Waals surface area contributed by atoms with E-state index >= 15 is 0 Å². The molecule has 0 unspecified atom stereocenters. The van der Waals surface area contributed by atoms with Crippen molar-refractivity contribution in [1.29, 1.82) is 0 Å². The number of hydrogen-bond donors (Lipinski definition) is 1. The molecule has 3 rings (SSSR count). The van der Waals surface area contributed by atoms with Crippen LogP contribution in [0.4, 0.5) is 11.4 Å². The second-order valence-electron chi connectivity index (χ2n) is 6.95. The Balaban J connectivity index is 1.89. The lowest BCUT2D eigenvalue weighted by Gasteiger charge is -2.28. The molecular formula is C21H26N2O4S. The third-order valence-corrected chi connectivity index (χ3v) is 6.39. The molecule has 1 N–H and O–H groups in total. The highest BCUT2D eigenvalue weighted by molar-refractivity contribution is 7.92. The Hall–Kier alpha value is -2.54. The Labute approximate surface area is 166 Å². The van der Waals surface area contributed by atoms with Gasteiger partial charge in [0, 0.05) is 24.3 Å². The van der Waals surface area contributed by atoms with Gasteiger partial charge >= 0.3 is 0 Å². The first-order valence-corrected chi connectivity index (χ1v) is 10.9. The van der Waals surface area contributed by atoms with Gasteiger partial charge in [-0.1, -0.05) is 13.0 Å². The number of methoxy groups -OCH3 is 1. The smallest absolute Gasteiger partial charge is 0.265 e. The van der Waals surface area contributed by atoms with Gasteiger partial charge in [0.25, 0.3) is 10.0 Å². The normalized spacial score (nSPS) is 14.8. The Morgan fingerprint density at radius 3 is 2.57 bits per heavy atom. The summed E-state index contributed by atoms with van der Waals surface area (Å²) in [5.74, 6) is 0.417. The molecule has 0 aliphatic carbocycles. The van der Waals surface area contributed by atoms with Gasteiger partial charge in [-0.05, 0) is 67.6 Å². The molecule has 1 heterocycles. The van der Waals surface area contributed by atoms with Crippen LogP contribution >= 0.6 is 0 Å². The quantitative estimate of drug-likeness (QED) is 0.795. The first-order valence-electron chi connectivity index (χ1n) is 9.46. The number of ether oxygens (including phenoxy) is 1. The zero-order chi connectivity index (χ0) is 20.3. The number of aryl methyl sites for hydroxylation is 2. The number of carbonyl (C=O) groups is 1. The van der Waals surface area contributed by atoms with Gasteiger partial charge in [0.05, 0.1) is 7.11 Å². The summed E-state index contributed by atoms with van der Waals surface area (Å²) in [6, 6.07) is 10.4. The Morgan fingerprint density at radius 2 is 1.93 bits per heavy atom. The molecule has 0 atom stereocenters. The largest absolute Gasteiger partial charge is 0.495 e. The van der Waals surface area contributed by atoms with Gasteiger partial charge < -0.3 is 9.64 Å². The van der Waals surface area contributed by atoms with Crippen molar-refractivity contribution >= 4 is 27.3 Å². The number of sulfonamides is 1. The third-order valence-electron chi connectivity index (χ3n) is 4.99. The van der Waals surface area contributed by atoms with Crippen LogP contribution in [0.25, 0.3) is 0 Å². The number of anilines is 2. The van der Waals surface area contributed by atoms with Crippen molar-refractivity contribution in [2.24, 2.45) is 0 Å². The van der Waals surface area contributed by atoms with Crippen LogP contribution < -0.4 is 14.4 Å². The standard InChI is InChI=1S/C21H26N2O4S/c1-4-16-8-11-19(27-3)20(14-16)28(25,26)22-17-9-10-18(15(2)13-17)23-12-6-5-7-21(23)24/h8-11,13-14,22H,4-7,12H2,1-3H3. The molecule has 1 aliphatic heterocycles. The number of benzene rings is 2. The molecule has 0 radical (unpaired) electrons. The van der Waals surface area contributed by atoms with Crippen molar-refractivity contribution in [2.75, 3.05) is 23.3 Å². The first kappa shape index (κ1) is 20.2. The average molecular weight is 403 g/mol. The molecule has 0 bridgehead atoms. The number of nitrogens with zero attached hydrogens (tertiary/aromatic N) is 1. The average Bonchev–Trinajstić information content (AvgIpc) is 2.68. The molecule has 1 amide bonds. The minimum atomic E-state index is -3.81. The molecule has 7 heteroatoms. The molecule has 1 fully saturated rings. The minimum absolute atomic E-state index is 0.113. The van der Waals surface area contributed by atoms with Crippen molar-refractivity contribution < 1.29 is 17.9 Å². The fourth-order valence-electron chi connectivity index (χ4n) is 3.44. The topological polar surface area (TPSA) is 75.7 Å². The van der Waals surface area contributed by atoms with Gasteiger partial charge in [0.2, 0.25) is 5.91 Å². The second kappa shape index (κ2) is 8.22. The van der Waals surface area contributed by atoms with Gasteiger partial charge in [0.1, 0.15) is 10.6 Å². The van der Waals surface area contributed by atoms with Crippen LogP contribution in [-0.2, 0) is 21.2 Å². The van der Waals surface area contributed by atoms with Crippen LogP contribution in [0.3, 0.4) is 0 Å². The Morgan fingerprint density at radius 1 is 1.14 bits per heavy atom. The Kier molecular flexibility index (Phi) is 5.93. The van der Waals surface area contributed by atoms with E-state index in [-0.39, 0.29) is 10.8 Å². The number of carbonyl (C=O) groups excluding carboxylic acids is 1. The molecule has 0 saturated carbocycles. The molecule has 0 spiro atoms. The van der Waals surface area contributed by atoms with E-state index in [0.29, 0.717) is 24.4 Å². The van der Waals surface area contributed by atoms with E-state index in [4.69, 9.17) is 4.74 Å². The van der Waals surface area contributed by atoms with E-state index < -0.39 is 10.0 Å². The van der Waals surface area contributed by atoms with Crippen molar-refractivity contribution in [1.82, 2.24) is 0 Å². The van der Waals surface area contributed by atoms with Crippen molar-refractivity contribution in [2.45, 2.75) is 44.4 Å².